The Balaban J connectivity index is 1.19. The molecule has 1 aromatic carbocycles. The molecule has 0 spiro atoms. The number of amides is 2. The maximum atomic E-state index is 12.9. The van der Waals surface area contributed by atoms with Crippen molar-refractivity contribution in [2.45, 2.75) is 45.1 Å². The summed E-state index contributed by atoms with van der Waals surface area (Å²) < 4.78 is 0. The van der Waals surface area contributed by atoms with E-state index in [4.69, 9.17) is 0 Å². The maximum absolute atomic E-state index is 12.9. The number of aromatic amines is 1. The molecule has 2 aromatic heterocycles. The third kappa shape index (κ3) is 3.99. The van der Waals surface area contributed by atoms with Gasteiger partial charge in [-0.3, -0.25) is 14.5 Å². The first-order valence-corrected chi connectivity index (χ1v) is 11.5. The van der Waals surface area contributed by atoms with Gasteiger partial charge in [-0.05, 0) is 43.9 Å². The van der Waals surface area contributed by atoms with E-state index in [1.54, 1.807) is 4.90 Å². The molecule has 2 amide bonds. The lowest BCUT2D eigenvalue weighted by molar-refractivity contribution is -0.122. The molecule has 0 radical (unpaired) electrons. The van der Waals surface area contributed by atoms with Gasteiger partial charge in [-0.2, -0.15) is 0 Å². The van der Waals surface area contributed by atoms with Gasteiger partial charge in [0.15, 0.2) is 0 Å². The van der Waals surface area contributed by atoms with E-state index in [0.29, 0.717) is 36.2 Å². The molecule has 2 aliphatic rings. The van der Waals surface area contributed by atoms with Crippen LogP contribution in [0, 0.1) is 6.92 Å². The number of aryl methyl sites for hydroxylation is 1. The Morgan fingerprint density at radius 1 is 1.26 bits per heavy atom. The molecule has 0 unspecified atom stereocenters. The molecule has 2 N–H and O–H groups in total. The number of hydrogen-bond donors (Lipinski definition) is 2. The summed E-state index contributed by atoms with van der Waals surface area (Å²) in [5.74, 6) is 0.964. The van der Waals surface area contributed by atoms with Gasteiger partial charge < -0.3 is 15.2 Å². The minimum Gasteiger partial charge on any atom is -0.354 e. The van der Waals surface area contributed by atoms with Crippen LogP contribution in [0.4, 0.5) is 10.3 Å². The van der Waals surface area contributed by atoms with Gasteiger partial charge in [-0.25, -0.2) is 4.98 Å². The largest absolute Gasteiger partial charge is 0.354 e. The molecule has 4 heterocycles. The number of anilines is 2. The molecule has 0 saturated carbocycles. The van der Waals surface area contributed by atoms with Crippen molar-refractivity contribution in [3.8, 4) is 0 Å². The summed E-state index contributed by atoms with van der Waals surface area (Å²) in [6, 6.07) is 5.87. The summed E-state index contributed by atoms with van der Waals surface area (Å²) in [7, 11) is 0. The van der Waals surface area contributed by atoms with Crippen molar-refractivity contribution >= 4 is 44.4 Å². The summed E-state index contributed by atoms with van der Waals surface area (Å²) in [5.41, 5.74) is 3.15. The first kappa shape index (κ1) is 19.9. The van der Waals surface area contributed by atoms with Crippen LogP contribution in [0.5, 0.6) is 0 Å². The second-order valence-corrected chi connectivity index (χ2v) is 9.05. The van der Waals surface area contributed by atoms with Crippen LogP contribution in [0.15, 0.2) is 18.2 Å². The van der Waals surface area contributed by atoms with Gasteiger partial charge in [-0.1, -0.05) is 17.4 Å². The van der Waals surface area contributed by atoms with Gasteiger partial charge in [-0.15, -0.1) is 10.2 Å². The Morgan fingerprint density at radius 3 is 2.97 bits per heavy atom. The summed E-state index contributed by atoms with van der Waals surface area (Å²) in [4.78, 5) is 36.5. The average molecular weight is 440 g/mol. The van der Waals surface area contributed by atoms with Crippen LogP contribution < -0.4 is 15.1 Å². The van der Waals surface area contributed by atoms with E-state index in [1.165, 1.54) is 16.9 Å². The molecule has 0 bridgehead atoms. The minimum atomic E-state index is -0.256. The van der Waals surface area contributed by atoms with Crippen molar-refractivity contribution in [1.29, 1.82) is 0 Å². The number of imidazole rings is 1. The maximum Gasteiger partial charge on any atom is 0.242 e. The van der Waals surface area contributed by atoms with Crippen LogP contribution in [-0.2, 0) is 16.0 Å². The highest BCUT2D eigenvalue weighted by atomic mass is 32.1. The lowest BCUT2D eigenvalue weighted by Gasteiger charge is -2.22. The van der Waals surface area contributed by atoms with Gasteiger partial charge in [0.05, 0.1) is 11.0 Å². The molecule has 0 aliphatic carbocycles. The van der Waals surface area contributed by atoms with Gasteiger partial charge in [0.1, 0.15) is 11.9 Å². The van der Waals surface area contributed by atoms with Crippen LogP contribution in [0.25, 0.3) is 11.0 Å². The van der Waals surface area contributed by atoms with E-state index in [1.807, 2.05) is 17.0 Å². The minimum absolute atomic E-state index is 0.00143. The smallest absolute Gasteiger partial charge is 0.242 e. The molecule has 9 nitrogen and oxygen atoms in total. The molecule has 2 fully saturated rings. The second-order valence-electron chi connectivity index (χ2n) is 8.11. The number of carbonyl (C=O) groups is 2. The Hall–Kier alpha value is -3.01. The summed E-state index contributed by atoms with van der Waals surface area (Å²) in [5, 5.41) is 12.9. The SMILES string of the molecule is Cc1ccc2nc(CCNC(=O)[C@@H]3CCCN3c3nnc(N4CCCC4=O)s3)[nH]c2c1. The highest BCUT2D eigenvalue weighted by molar-refractivity contribution is 7.19. The van der Waals surface area contributed by atoms with E-state index >= 15 is 0 Å². The highest BCUT2D eigenvalue weighted by Gasteiger charge is 2.34. The predicted octanol–water partition coefficient (Wildman–Crippen LogP) is 2.18. The van der Waals surface area contributed by atoms with Crippen molar-refractivity contribution in [1.82, 2.24) is 25.5 Å². The zero-order valence-corrected chi connectivity index (χ0v) is 18.2. The van der Waals surface area contributed by atoms with Crippen molar-refractivity contribution in [2.75, 3.05) is 29.4 Å². The quantitative estimate of drug-likeness (QED) is 0.610. The fraction of sp³-hybridized carbons (Fsp3) is 0.476. The molecular formula is C21H25N7O2S. The van der Waals surface area contributed by atoms with Crippen LogP contribution in [-0.4, -0.2) is 57.7 Å². The van der Waals surface area contributed by atoms with Gasteiger partial charge >= 0.3 is 0 Å². The molecule has 2 saturated heterocycles. The summed E-state index contributed by atoms with van der Waals surface area (Å²) in [6.45, 7) is 4.03. The van der Waals surface area contributed by atoms with Crippen LogP contribution >= 0.6 is 11.3 Å². The first-order chi connectivity index (χ1) is 15.1. The lowest BCUT2D eigenvalue weighted by Crippen LogP contribution is -2.44. The van der Waals surface area contributed by atoms with Crippen LogP contribution in [0.3, 0.4) is 0 Å². The fourth-order valence-electron chi connectivity index (χ4n) is 4.27. The summed E-state index contributed by atoms with van der Waals surface area (Å²) in [6.07, 6.45) is 3.78. The van der Waals surface area contributed by atoms with E-state index in [-0.39, 0.29) is 17.9 Å². The molecule has 1 atom stereocenters. The van der Waals surface area contributed by atoms with E-state index in [0.717, 1.165) is 42.7 Å². The molecule has 162 valence electrons. The Morgan fingerprint density at radius 2 is 2.13 bits per heavy atom. The number of H-pyrrole nitrogens is 1. The summed E-state index contributed by atoms with van der Waals surface area (Å²) >= 11 is 1.39. The Labute approximate surface area is 183 Å². The van der Waals surface area contributed by atoms with Gasteiger partial charge in [0.2, 0.25) is 22.1 Å². The third-order valence-electron chi connectivity index (χ3n) is 5.86. The molecular weight excluding hydrogens is 414 g/mol. The van der Waals surface area contributed by atoms with E-state index in [9.17, 15) is 9.59 Å². The predicted molar refractivity (Wildman–Crippen MR) is 119 cm³/mol. The van der Waals surface area contributed by atoms with Gasteiger partial charge in [0.25, 0.3) is 0 Å². The van der Waals surface area contributed by atoms with Crippen molar-refractivity contribution < 1.29 is 9.59 Å². The average Bonchev–Trinajstić information content (AvgIpc) is 3.53. The highest BCUT2D eigenvalue weighted by Crippen LogP contribution is 2.33. The zero-order valence-electron chi connectivity index (χ0n) is 17.4. The number of fused-ring (bicyclic) bond motifs is 1. The normalized spacial score (nSPS) is 19.0. The Kier molecular flexibility index (Phi) is 5.31. The number of nitrogens with zero attached hydrogens (tertiary/aromatic N) is 5. The number of nitrogens with one attached hydrogen (secondary N) is 2. The van der Waals surface area contributed by atoms with E-state index < -0.39 is 0 Å². The first-order valence-electron chi connectivity index (χ1n) is 10.7. The lowest BCUT2D eigenvalue weighted by atomic mass is 10.2. The van der Waals surface area contributed by atoms with Crippen molar-refractivity contribution in [2.24, 2.45) is 0 Å². The number of benzene rings is 1. The van der Waals surface area contributed by atoms with Crippen LogP contribution in [0.2, 0.25) is 0 Å². The van der Waals surface area contributed by atoms with E-state index in [2.05, 4.69) is 38.5 Å². The number of aromatic nitrogens is 4. The molecule has 5 rings (SSSR count). The number of carbonyl (C=O) groups excluding carboxylic acids is 2. The standard InChI is InChI=1S/C21H25N7O2S/c1-13-6-7-14-15(12-13)24-17(23-14)8-9-22-19(30)16-4-2-10-27(16)20-25-26-21(31-20)28-11-3-5-18(28)29/h6-7,12,16H,2-5,8-11H2,1H3,(H,22,30)(H,23,24)/t16-/m0/s1. The monoisotopic (exact) mass is 439 g/mol. The van der Waals surface area contributed by atoms with Crippen molar-refractivity contribution in [3.63, 3.8) is 0 Å². The Bertz CT molecular complexity index is 1120. The molecule has 3 aromatic rings. The topological polar surface area (TPSA) is 107 Å². The molecule has 10 heteroatoms. The van der Waals surface area contributed by atoms with Crippen molar-refractivity contribution in [3.05, 3.63) is 29.6 Å². The number of hydrogen-bond acceptors (Lipinski definition) is 7. The second kappa shape index (κ2) is 8.26. The van der Waals surface area contributed by atoms with Crippen LogP contribution in [0.1, 0.15) is 37.1 Å². The zero-order chi connectivity index (χ0) is 21.4. The number of rotatable bonds is 6. The molecule has 2 aliphatic heterocycles. The van der Waals surface area contributed by atoms with Gasteiger partial charge in [0, 0.05) is 32.5 Å². The molecule has 31 heavy (non-hydrogen) atoms. The third-order valence-corrected chi connectivity index (χ3v) is 6.84. The fourth-order valence-corrected chi connectivity index (χ4v) is 5.23.